The maximum absolute atomic E-state index is 2.39. The van der Waals surface area contributed by atoms with Gasteiger partial charge in [0.05, 0.1) is 8.80 Å². The molecule has 108 valence electrons. The number of rotatable bonds is 11. The lowest BCUT2D eigenvalue weighted by atomic mass is 10.2. The topological polar surface area (TPSA) is 0 Å². The maximum atomic E-state index is 2.39. The van der Waals surface area contributed by atoms with Gasteiger partial charge in [-0.3, -0.25) is 0 Å². The molecule has 0 fully saturated rings. The highest BCUT2D eigenvalue weighted by Gasteiger charge is 2.12. The molecule has 1 rings (SSSR count). The van der Waals surface area contributed by atoms with Crippen molar-refractivity contribution in [3.8, 4) is 0 Å². The molecule has 0 aliphatic carbocycles. The molecule has 1 aromatic rings. The minimum Gasteiger partial charge on any atom is -0.0654 e. The van der Waals surface area contributed by atoms with E-state index < -0.39 is 8.80 Å². The van der Waals surface area contributed by atoms with Gasteiger partial charge in [-0.25, -0.2) is 0 Å². The van der Waals surface area contributed by atoms with Crippen molar-refractivity contribution < 1.29 is 0 Å². The molecule has 0 aliphatic heterocycles. The van der Waals surface area contributed by atoms with Crippen LogP contribution in [0, 0.1) is 0 Å². The lowest BCUT2D eigenvalue weighted by Gasteiger charge is -2.15. The summed E-state index contributed by atoms with van der Waals surface area (Å²) in [4.78, 5) is 0. The molecule has 0 aromatic heterocycles. The molecule has 0 aliphatic rings. The van der Waals surface area contributed by atoms with Crippen molar-refractivity contribution in [2.45, 2.75) is 77.3 Å². The standard InChI is InChI=1S/C18H32Si/c1-3-5-7-12-16-19(17-13-8-6-4-2)18-14-10-9-11-15-18/h9-11,14-15,19H,3-8,12-13,16-17H2,1-2H3. The van der Waals surface area contributed by atoms with Crippen molar-refractivity contribution in [3.05, 3.63) is 30.3 Å². The van der Waals surface area contributed by atoms with Crippen LogP contribution in [-0.4, -0.2) is 8.80 Å². The zero-order valence-corrected chi connectivity index (χ0v) is 14.2. The van der Waals surface area contributed by atoms with Crippen LogP contribution in [0.25, 0.3) is 0 Å². The van der Waals surface area contributed by atoms with Crippen molar-refractivity contribution in [3.63, 3.8) is 0 Å². The van der Waals surface area contributed by atoms with Gasteiger partial charge in [-0.1, -0.05) is 113 Å². The summed E-state index contributed by atoms with van der Waals surface area (Å²) in [6.45, 7) is 4.60. The molecule has 0 heterocycles. The Morgan fingerprint density at radius 3 is 1.68 bits per heavy atom. The molecule has 0 N–H and O–H groups in total. The second-order valence-electron chi connectivity index (χ2n) is 5.81. The van der Waals surface area contributed by atoms with Crippen molar-refractivity contribution >= 4 is 14.0 Å². The minimum absolute atomic E-state index is 0.677. The van der Waals surface area contributed by atoms with E-state index in [-0.39, 0.29) is 0 Å². The number of hydrogen-bond donors (Lipinski definition) is 0. The van der Waals surface area contributed by atoms with Crippen LogP contribution in [0.3, 0.4) is 0 Å². The van der Waals surface area contributed by atoms with E-state index >= 15 is 0 Å². The second kappa shape index (κ2) is 11.3. The Hall–Kier alpha value is -0.563. The highest BCUT2D eigenvalue weighted by Crippen LogP contribution is 2.13. The summed E-state index contributed by atoms with van der Waals surface area (Å²) in [7, 11) is -0.677. The molecular formula is C18H32Si. The van der Waals surface area contributed by atoms with Crippen LogP contribution in [-0.2, 0) is 0 Å². The van der Waals surface area contributed by atoms with E-state index in [1.54, 1.807) is 5.19 Å². The van der Waals surface area contributed by atoms with Crippen molar-refractivity contribution in [2.75, 3.05) is 0 Å². The summed E-state index contributed by atoms with van der Waals surface area (Å²) in [6.07, 6.45) is 11.4. The third kappa shape index (κ3) is 7.56. The first-order valence-corrected chi connectivity index (χ1v) is 10.6. The van der Waals surface area contributed by atoms with Gasteiger partial charge in [0, 0.05) is 0 Å². The van der Waals surface area contributed by atoms with E-state index in [1.165, 1.54) is 63.5 Å². The van der Waals surface area contributed by atoms with Gasteiger partial charge in [-0.15, -0.1) is 0 Å². The second-order valence-corrected chi connectivity index (χ2v) is 9.02. The van der Waals surface area contributed by atoms with E-state index in [9.17, 15) is 0 Å². The molecule has 0 spiro atoms. The summed E-state index contributed by atoms with van der Waals surface area (Å²) < 4.78 is 0. The predicted octanol–water partition coefficient (Wildman–Crippen LogP) is 5.28. The number of unbranched alkanes of at least 4 members (excludes halogenated alkanes) is 6. The molecule has 0 radical (unpaired) electrons. The van der Waals surface area contributed by atoms with E-state index in [4.69, 9.17) is 0 Å². The summed E-state index contributed by atoms with van der Waals surface area (Å²) >= 11 is 0. The van der Waals surface area contributed by atoms with E-state index in [0.29, 0.717) is 0 Å². The summed E-state index contributed by atoms with van der Waals surface area (Å²) in [5.41, 5.74) is 0. The van der Waals surface area contributed by atoms with Gasteiger partial charge in [0.15, 0.2) is 0 Å². The van der Waals surface area contributed by atoms with Gasteiger partial charge in [0.2, 0.25) is 0 Å². The molecule has 0 nitrogen and oxygen atoms in total. The molecule has 19 heavy (non-hydrogen) atoms. The molecule has 1 aromatic carbocycles. The third-order valence-electron chi connectivity index (χ3n) is 4.08. The van der Waals surface area contributed by atoms with Gasteiger partial charge in [-0.2, -0.15) is 0 Å². The number of benzene rings is 1. The van der Waals surface area contributed by atoms with E-state index in [2.05, 4.69) is 44.2 Å². The third-order valence-corrected chi connectivity index (χ3v) is 7.62. The number of hydrogen-bond acceptors (Lipinski definition) is 0. The van der Waals surface area contributed by atoms with Gasteiger partial charge in [0.25, 0.3) is 0 Å². The van der Waals surface area contributed by atoms with Crippen LogP contribution in [0.1, 0.15) is 65.2 Å². The fourth-order valence-electron chi connectivity index (χ4n) is 2.84. The molecule has 0 atom stereocenters. The maximum Gasteiger partial charge on any atom is 0.0708 e. The van der Waals surface area contributed by atoms with Gasteiger partial charge < -0.3 is 0 Å². The van der Waals surface area contributed by atoms with Crippen LogP contribution >= 0.6 is 0 Å². The Balaban J connectivity index is 2.39. The van der Waals surface area contributed by atoms with Crippen LogP contribution in [0.5, 0.6) is 0 Å². The molecule has 0 saturated heterocycles. The monoisotopic (exact) mass is 276 g/mol. The summed E-state index contributed by atoms with van der Waals surface area (Å²) in [5.74, 6) is 0. The van der Waals surface area contributed by atoms with Crippen LogP contribution in [0.4, 0.5) is 0 Å². The highest BCUT2D eigenvalue weighted by molar-refractivity contribution is 6.73. The van der Waals surface area contributed by atoms with Gasteiger partial charge in [0.1, 0.15) is 0 Å². The smallest absolute Gasteiger partial charge is 0.0654 e. The zero-order chi connectivity index (χ0) is 13.8. The first kappa shape index (κ1) is 16.5. The SMILES string of the molecule is CCCCCC[SiH](CCCCCC)c1ccccc1. The van der Waals surface area contributed by atoms with Crippen molar-refractivity contribution in [2.24, 2.45) is 0 Å². The lowest BCUT2D eigenvalue weighted by Crippen LogP contribution is -2.29. The van der Waals surface area contributed by atoms with Crippen LogP contribution in [0.2, 0.25) is 12.1 Å². The Bertz CT molecular complexity index is 282. The predicted molar refractivity (Wildman–Crippen MR) is 91.1 cm³/mol. The van der Waals surface area contributed by atoms with Crippen LogP contribution < -0.4 is 5.19 Å². The fourth-order valence-corrected chi connectivity index (χ4v) is 6.12. The quantitative estimate of drug-likeness (QED) is 0.381. The Kier molecular flexibility index (Phi) is 9.79. The van der Waals surface area contributed by atoms with Crippen molar-refractivity contribution in [1.29, 1.82) is 0 Å². The molecule has 0 unspecified atom stereocenters. The average molecular weight is 277 g/mol. The molecule has 0 saturated carbocycles. The van der Waals surface area contributed by atoms with Gasteiger partial charge in [-0.05, 0) is 0 Å². The fraction of sp³-hybridized carbons (Fsp3) is 0.667. The minimum atomic E-state index is -0.677. The molecular weight excluding hydrogens is 244 g/mol. The highest BCUT2D eigenvalue weighted by atomic mass is 28.3. The van der Waals surface area contributed by atoms with Crippen LogP contribution in [0.15, 0.2) is 30.3 Å². The van der Waals surface area contributed by atoms with Crippen molar-refractivity contribution in [1.82, 2.24) is 0 Å². The Labute approximate surface area is 122 Å². The Morgan fingerprint density at radius 2 is 1.21 bits per heavy atom. The zero-order valence-electron chi connectivity index (χ0n) is 13.0. The molecule has 0 bridgehead atoms. The largest absolute Gasteiger partial charge is 0.0708 e. The first-order valence-electron chi connectivity index (χ1n) is 8.43. The normalized spacial score (nSPS) is 11.1. The summed E-state index contributed by atoms with van der Waals surface area (Å²) in [6, 6.07) is 14.4. The Morgan fingerprint density at radius 1 is 0.684 bits per heavy atom. The first-order chi connectivity index (χ1) is 9.38. The lowest BCUT2D eigenvalue weighted by molar-refractivity contribution is 0.687. The average Bonchev–Trinajstić information content (AvgIpc) is 2.46. The molecule has 0 amide bonds. The molecule has 1 heteroatoms. The van der Waals surface area contributed by atoms with Gasteiger partial charge >= 0.3 is 0 Å². The van der Waals surface area contributed by atoms with E-state index in [0.717, 1.165) is 0 Å². The van der Waals surface area contributed by atoms with E-state index in [1.807, 2.05) is 0 Å². The summed E-state index contributed by atoms with van der Waals surface area (Å²) in [5, 5.41) is 1.70.